The Morgan fingerprint density at radius 3 is 2.43 bits per heavy atom. The quantitative estimate of drug-likeness (QED) is 0.527. The molecule has 0 amide bonds. The van der Waals surface area contributed by atoms with Gasteiger partial charge in [0.2, 0.25) is 0 Å². The van der Waals surface area contributed by atoms with Crippen molar-refractivity contribution in [3.8, 4) is 17.0 Å². The molecule has 0 bridgehead atoms. The number of hydrogen-bond donors (Lipinski definition) is 1. The number of anilines is 3. The highest BCUT2D eigenvalue weighted by molar-refractivity contribution is 5.81. The van der Waals surface area contributed by atoms with E-state index < -0.39 is 0 Å². The summed E-state index contributed by atoms with van der Waals surface area (Å²) in [7, 11) is 5.76. The second-order valence-electron chi connectivity index (χ2n) is 7.01. The number of hydrogen-bond acceptors (Lipinski definition) is 4. The van der Waals surface area contributed by atoms with Crippen LogP contribution >= 0.6 is 0 Å². The minimum atomic E-state index is 0.791. The summed E-state index contributed by atoms with van der Waals surface area (Å²) in [5, 5.41) is 3.54. The number of nitrogens with zero attached hydrogens (tertiary/aromatic N) is 3. The van der Waals surface area contributed by atoms with E-state index in [1.807, 2.05) is 44.4 Å². The van der Waals surface area contributed by atoms with Gasteiger partial charge in [0.25, 0.3) is 0 Å². The van der Waals surface area contributed by atoms with Gasteiger partial charge in [0.15, 0.2) is 0 Å². The molecule has 2 aromatic carbocycles. The van der Waals surface area contributed by atoms with Crippen molar-refractivity contribution >= 4 is 22.8 Å². The first kappa shape index (κ1) is 17.9. The Kier molecular flexibility index (Phi) is 4.65. The Morgan fingerprint density at radius 2 is 1.71 bits per heavy atom. The third-order valence-corrected chi connectivity index (χ3v) is 4.78. The smallest absolute Gasteiger partial charge is 0.143 e. The number of methoxy groups -OCH3 is 1. The topological polar surface area (TPSA) is 41.8 Å². The van der Waals surface area contributed by atoms with Gasteiger partial charge >= 0.3 is 0 Å². The maximum Gasteiger partial charge on any atom is 0.143 e. The summed E-state index contributed by atoms with van der Waals surface area (Å²) in [6.07, 6.45) is 2.10. The van der Waals surface area contributed by atoms with Crippen LogP contribution in [0.25, 0.3) is 16.9 Å². The van der Waals surface area contributed by atoms with E-state index in [0.29, 0.717) is 0 Å². The number of fused-ring (bicyclic) bond motifs is 1. The second kappa shape index (κ2) is 7.27. The summed E-state index contributed by atoms with van der Waals surface area (Å²) >= 11 is 0. The van der Waals surface area contributed by atoms with Crippen LogP contribution in [0.15, 0.2) is 66.9 Å². The predicted octanol–water partition coefficient (Wildman–Crippen LogP) is 5.13. The summed E-state index contributed by atoms with van der Waals surface area (Å²) in [4.78, 5) is 6.98. The van der Waals surface area contributed by atoms with Crippen molar-refractivity contribution in [3.63, 3.8) is 0 Å². The number of nitrogens with one attached hydrogen (secondary N) is 1. The highest BCUT2D eigenvalue weighted by Gasteiger charge is 2.16. The number of imidazole rings is 1. The first-order valence-corrected chi connectivity index (χ1v) is 9.23. The largest absolute Gasteiger partial charge is 0.495 e. The average molecular weight is 372 g/mol. The molecule has 0 saturated heterocycles. The lowest BCUT2D eigenvalue weighted by molar-refractivity contribution is 0.417. The lowest BCUT2D eigenvalue weighted by atomic mass is 10.1. The van der Waals surface area contributed by atoms with Gasteiger partial charge in [-0.1, -0.05) is 30.3 Å². The van der Waals surface area contributed by atoms with E-state index in [-0.39, 0.29) is 0 Å². The molecule has 4 aromatic rings. The Hall–Kier alpha value is -3.47. The van der Waals surface area contributed by atoms with Crippen molar-refractivity contribution in [1.29, 1.82) is 0 Å². The number of benzene rings is 2. The molecular formula is C23H24N4O. The molecule has 0 unspecified atom stereocenters. The second-order valence-corrected chi connectivity index (χ2v) is 7.01. The standard InChI is InChI=1S/C23H24N4O/c1-16-9-14-21-25-22(17-10-12-18(13-11-17)26(2)3)23(27(21)15-16)24-19-7-5-6-8-20(19)28-4/h5-15,24H,1-4H3. The molecule has 4 rings (SSSR count). The molecule has 0 radical (unpaired) electrons. The molecule has 0 aliphatic rings. The molecule has 0 saturated carbocycles. The van der Waals surface area contributed by atoms with E-state index in [1.165, 1.54) is 5.56 Å². The summed E-state index contributed by atoms with van der Waals surface area (Å²) in [6.45, 7) is 2.08. The van der Waals surface area contributed by atoms with Crippen LogP contribution in [-0.2, 0) is 0 Å². The number of aromatic nitrogens is 2. The van der Waals surface area contributed by atoms with Gasteiger partial charge in [-0.2, -0.15) is 0 Å². The summed E-state index contributed by atoms with van der Waals surface area (Å²) in [5.41, 5.74) is 6.09. The average Bonchev–Trinajstić information content (AvgIpc) is 3.06. The molecule has 142 valence electrons. The van der Waals surface area contributed by atoms with Gasteiger partial charge in [0.1, 0.15) is 22.9 Å². The highest BCUT2D eigenvalue weighted by atomic mass is 16.5. The Morgan fingerprint density at radius 1 is 0.964 bits per heavy atom. The fraction of sp³-hybridized carbons (Fsp3) is 0.174. The van der Waals surface area contributed by atoms with E-state index >= 15 is 0 Å². The Balaban J connectivity index is 1.87. The zero-order chi connectivity index (χ0) is 19.7. The summed E-state index contributed by atoms with van der Waals surface area (Å²) in [6, 6.07) is 20.5. The molecule has 0 fully saturated rings. The van der Waals surface area contributed by atoms with Crippen LogP contribution in [0.3, 0.4) is 0 Å². The lowest BCUT2D eigenvalue weighted by Gasteiger charge is -2.14. The van der Waals surface area contributed by atoms with Gasteiger partial charge < -0.3 is 15.0 Å². The van der Waals surface area contributed by atoms with Crippen LogP contribution in [-0.4, -0.2) is 30.6 Å². The van der Waals surface area contributed by atoms with Crippen LogP contribution in [0, 0.1) is 6.92 Å². The van der Waals surface area contributed by atoms with Crippen molar-refractivity contribution in [1.82, 2.24) is 9.38 Å². The van der Waals surface area contributed by atoms with Gasteiger partial charge in [-0.05, 0) is 42.8 Å². The van der Waals surface area contributed by atoms with Gasteiger partial charge in [-0.25, -0.2) is 4.98 Å². The number of rotatable bonds is 5. The van der Waals surface area contributed by atoms with E-state index in [9.17, 15) is 0 Å². The zero-order valence-electron chi connectivity index (χ0n) is 16.6. The maximum absolute atomic E-state index is 5.52. The van der Waals surface area contributed by atoms with Gasteiger partial charge in [-0.15, -0.1) is 0 Å². The molecule has 0 atom stereocenters. The third kappa shape index (κ3) is 3.27. The van der Waals surface area contributed by atoms with Crippen LogP contribution in [0.2, 0.25) is 0 Å². The van der Waals surface area contributed by atoms with E-state index in [2.05, 4.69) is 58.1 Å². The van der Waals surface area contributed by atoms with Gasteiger partial charge in [0, 0.05) is 31.5 Å². The molecule has 28 heavy (non-hydrogen) atoms. The van der Waals surface area contributed by atoms with Crippen molar-refractivity contribution in [2.45, 2.75) is 6.92 Å². The number of aryl methyl sites for hydroxylation is 1. The molecule has 5 nitrogen and oxygen atoms in total. The third-order valence-electron chi connectivity index (χ3n) is 4.78. The van der Waals surface area contributed by atoms with Crippen LogP contribution < -0.4 is 15.0 Å². The minimum Gasteiger partial charge on any atom is -0.495 e. The molecule has 0 aliphatic heterocycles. The van der Waals surface area contributed by atoms with Crippen LogP contribution in [0.5, 0.6) is 5.75 Å². The zero-order valence-corrected chi connectivity index (χ0v) is 16.6. The van der Waals surface area contributed by atoms with Crippen LogP contribution in [0.4, 0.5) is 17.2 Å². The number of pyridine rings is 1. The van der Waals surface area contributed by atoms with Gasteiger partial charge in [-0.3, -0.25) is 4.40 Å². The lowest BCUT2D eigenvalue weighted by Crippen LogP contribution is -2.08. The first-order valence-electron chi connectivity index (χ1n) is 9.23. The Bertz CT molecular complexity index is 1110. The molecule has 2 aromatic heterocycles. The molecule has 2 heterocycles. The molecular weight excluding hydrogens is 348 g/mol. The maximum atomic E-state index is 5.52. The molecule has 0 aliphatic carbocycles. The molecule has 0 spiro atoms. The summed E-state index contributed by atoms with van der Waals surface area (Å²) < 4.78 is 7.61. The van der Waals surface area contributed by atoms with Crippen molar-refractivity contribution in [2.75, 3.05) is 31.4 Å². The van der Waals surface area contributed by atoms with E-state index in [1.54, 1.807) is 7.11 Å². The number of ether oxygens (including phenoxy) is 1. The van der Waals surface area contributed by atoms with Crippen molar-refractivity contribution in [2.24, 2.45) is 0 Å². The highest BCUT2D eigenvalue weighted by Crippen LogP contribution is 2.35. The van der Waals surface area contributed by atoms with E-state index in [0.717, 1.165) is 39.8 Å². The van der Waals surface area contributed by atoms with Gasteiger partial charge in [0.05, 0.1) is 12.8 Å². The molecule has 5 heteroatoms. The SMILES string of the molecule is COc1ccccc1Nc1c(-c2ccc(N(C)C)cc2)nc2ccc(C)cn12. The number of para-hydroxylation sites is 2. The first-order chi connectivity index (χ1) is 13.6. The van der Waals surface area contributed by atoms with E-state index in [4.69, 9.17) is 9.72 Å². The summed E-state index contributed by atoms with van der Waals surface area (Å²) in [5.74, 6) is 1.71. The molecule has 1 N–H and O–H groups in total. The predicted molar refractivity (Wildman–Crippen MR) is 116 cm³/mol. The van der Waals surface area contributed by atoms with Crippen molar-refractivity contribution < 1.29 is 4.74 Å². The minimum absolute atomic E-state index is 0.791. The Labute approximate surface area is 165 Å². The van der Waals surface area contributed by atoms with Crippen molar-refractivity contribution in [3.05, 3.63) is 72.4 Å². The fourth-order valence-corrected chi connectivity index (χ4v) is 3.26. The monoisotopic (exact) mass is 372 g/mol. The van der Waals surface area contributed by atoms with Crippen LogP contribution in [0.1, 0.15) is 5.56 Å². The fourth-order valence-electron chi connectivity index (χ4n) is 3.26. The normalized spacial score (nSPS) is 10.9.